The number of hydrogen-bond acceptors (Lipinski definition) is 5. The molecule has 1 N–H and O–H groups in total. The summed E-state index contributed by atoms with van der Waals surface area (Å²) in [7, 11) is 1.70. The fraction of sp³-hybridized carbons (Fsp3) is 0.737. The fourth-order valence-corrected chi connectivity index (χ4v) is 4.21. The molecule has 2 aromatic heterocycles. The molecule has 0 spiro atoms. The van der Waals surface area contributed by atoms with E-state index in [9.17, 15) is 8.78 Å². The number of ether oxygens (including phenoxy) is 1. The molecule has 2 aliphatic carbocycles. The van der Waals surface area contributed by atoms with Crippen LogP contribution in [0.25, 0.3) is 0 Å². The Bertz CT molecular complexity index is 750. The second-order valence-electron chi connectivity index (χ2n) is 8.17. The normalized spacial score (nSPS) is 21.4. The van der Waals surface area contributed by atoms with Crippen LogP contribution in [0.2, 0.25) is 0 Å². The number of alkyl halides is 2. The Balaban J connectivity index is 1.45. The van der Waals surface area contributed by atoms with E-state index in [1.165, 1.54) is 0 Å². The Morgan fingerprint density at radius 2 is 2.04 bits per heavy atom. The third kappa shape index (κ3) is 4.10. The molecule has 2 saturated carbocycles. The van der Waals surface area contributed by atoms with Crippen molar-refractivity contribution in [3.05, 3.63) is 30.4 Å². The molecule has 2 heterocycles. The highest BCUT2D eigenvalue weighted by atomic mass is 19.3. The molecule has 1 unspecified atom stereocenters. The van der Waals surface area contributed by atoms with Crippen molar-refractivity contribution in [3.8, 4) is 0 Å². The SMILES string of the molecule is COCCC1(C(NCCCn2cccc2)c2nnnn2C2CC(F)(F)C2)CC1. The van der Waals surface area contributed by atoms with Crippen molar-refractivity contribution >= 4 is 0 Å². The summed E-state index contributed by atoms with van der Waals surface area (Å²) in [5.41, 5.74) is 0.0438. The number of rotatable bonds is 11. The van der Waals surface area contributed by atoms with Crippen molar-refractivity contribution in [2.24, 2.45) is 5.41 Å². The molecule has 0 saturated heterocycles. The smallest absolute Gasteiger partial charge is 0.252 e. The van der Waals surface area contributed by atoms with E-state index in [1.807, 2.05) is 12.1 Å². The zero-order valence-corrected chi connectivity index (χ0v) is 16.2. The Hall–Kier alpha value is -1.87. The minimum absolute atomic E-state index is 0.0438. The summed E-state index contributed by atoms with van der Waals surface area (Å²) >= 11 is 0. The molecule has 2 fully saturated rings. The van der Waals surface area contributed by atoms with Gasteiger partial charge in [-0.15, -0.1) is 5.10 Å². The maximum absolute atomic E-state index is 13.4. The standard InChI is InChI=1S/C19H28F2N6O/c1-28-12-7-18(5-6-18)16(22-8-4-11-26-9-2-3-10-26)17-23-24-25-27(17)15-13-19(20,21)14-15/h2-3,9-10,15-16,22H,4-8,11-14H2,1H3. The topological polar surface area (TPSA) is 69.8 Å². The molecule has 2 aromatic rings. The maximum Gasteiger partial charge on any atom is 0.252 e. The largest absolute Gasteiger partial charge is 0.385 e. The van der Waals surface area contributed by atoms with Gasteiger partial charge in [0.2, 0.25) is 0 Å². The zero-order valence-electron chi connectivity index (χ0n) is 16.2. The zero-order chi connectivity index (χ0) is 19.6. The van der Waals surface area contributed by atoms with Gasteiger partial charge in [0.05, 0.1) is 12.1 Å². The van der Waals surface area contributed by atoms with Crippen molar-refractivity contribution in [2.75, 3.05) is 20.3 Å². The molecule has 0 radical (unpaired) electrons. The van der Waals surface area contributed by atoms with Gasteiger partial charge in [-0.1, -0.05) is 0 Å². The van der Waals surface area contributed by atoms with Gasteiger partial charge in [-0.05, 0) is 60.2 Å². The molecule has 0 aliphatic heterocycles. The molecule has 7 nitrogen and oxygen atoms in total. The van der Waals surface area contributed by atoms with Crippen LogP contribution in [-0.2, 0) is 11.3 Å². The lowest BCUT2D eigenvalue weighted by atomic mass is 9.87. The first-order valence-electron chi connectivity index (χ1n) is 10.0. The molecule has 9 heteroatoms. The van der Waals surface area contributed by atoms with Gasteiger partial charge in [0, 0.05) is 45.5 Å². The molecule has 2 aliphatic rings. The van der Waals surface area contributed by atoms with Crippen LogP contribution in [0.4, 0.5) is 8.78 Å². The van der Waals surface area contributed by atoms with E-state index in [1.54, 1.807) is 11.8 Å². The van der Waals surface area contributed by atoms with Gasteiger partial charge in [0.25, 0.3) is 5.92 Å². The number of methoxy groups -OCH3 is 1. The molecule has 0 bridgehead atoms. The summed E-state index contributed by atoms with van der Waals surface area (Å²) in [4.78, 5) is 0. The van der Waals surface area contributed by atoms with Crippen LogP contribution in [0.15, 0.2) is 24.5 Å². The van der Waals surface area contributed by atoms with E-state index < -0.39 is 5.92 Å². The van der Waals surface area contributed by atoms with Crippen molar-refractivity contribution in [1.29, 1.82) is 0 Å². The average Bonchev–Trinajstić information content (AvgIpc) is 3.05. The van der Waals surface area contributed by atoms with Crippen molar-refractivity contribution in [3.63, 3.8) is 0 Å². The number of nitrogens with zero attached hydrogens (tertiary/aromatic N) is 5. The molecular weight excluding hydrogens is 366 g/mol. The monoisotopic (exact) mass is 394 g/mol. The summed E-state index contributed by atoms with van der Waals surface area (Å²) < 4.78 is 35.9. The van der Waals surface area contributed by atoms with Crippen molar-refractivity contribution < 1.29 is 13.5 Å². The van der Waals surface area contributed by atoms with Crippen molar-refractivity contribution in [1.82, 2.24) is 30.1 Å². The number of nitrogens with one attached hydrogen (secondary N) is 1. The first-order chi connectivity index (χ1) is 13.5. The van der Waals surface area contributed by atoms with Crippen LogP contribution in [0.1, 0.15) is 56.4 Å². The minimum Gasteiger partial charge on any atom is -0.385 e. The summed E-state index contributed by atoms with van der Waals surface area (Å²) in [5.74, 6) is -1.91. The summed E-state index contributed by atoms with van der Waals surface area (Å²) in [5, 5.41) is 15.8. The first kappa shape index (κ1) is 19.4. The highest BCUT2D eigenvalue weighted by Crippen LogP contribution is 2.58. The fourth-order valence-electron chi connectivity index (χ4n) is 4.21. The summed E-state index contributed by atoms with van der Waals surface area (Å²) in [6.45, 7) is 2.41. The number of hydrogen-bond donors (Lipinski definition) is 1. The highest BCUT2D eigenvalue weighted by molar-refractivity contribution is 5.11. The summed E-state index contributed by atoms with van der Waals surface area (Å²) in [6.07, 6.45) is 7.75. The predicted molar refractivity (Wildman–Crippen MR) is 99.0 cm³/mol. The lowest BCUT2D eigenvalue weighted by molar-refractivity contribution is -0.108. The van der Waals surface area contributed by atoms with E-state index in [0.29, 0.717) is 12.4 Å². The molecular formula is C19H28F2N6O. The van der Waals surface area contributed by atoms with Gasteiger partial charge in [-0.2, -0.15) is 0 Å². The van der Waals surface area contributed by atoms with E-state index in [-0.39, 0.29) is 30.3 Å². The molecule has 4 rings (SSSR count). The Labute approximate surface area is 163 Å². The molecule has 28 heavy (non-hydrogen) atoms. The van der Waals surface area contributed by atoms with Gasteiger partial charge in [-0.25, -0.2) is 13.5 Å². The Kier molecular flexibility index (Phi) is 5.46. The van der Waals surface area contributed by atoms with Gasteiger partial charge < -0.3 is 14.6 Å². The molecule has 0 amide bonds. The third-order valence-electron chi connectivity index (χ3n) is 6.11. The van der Waals surface area contributed by atoms with Gasteiger partial charge >= 0.3 is 0 Å². The Morgan fingerprint density at radius 3 is 2.68 bits per heavy atom. The third-order valence-corrected chi connectivity index (χ3v) is 6.11. The van der Waals surface area contributed by atoms with Crippen LogP contribution >= 0.6 is 0 Å². The lowest BCUT2D eigenvalue weighted by Crippen LogP contribution is -2.41. The van der Waals surface area contributed by atoms with Crippen LogP contribution in [0.5, 0.6) is 0 Å². The van der Waals surface area contributed by atoms with E-state index in [0.717, 1.165) is 38.8 Å². The molecule has 1 atom stereocenters. The van der Waals surface area contributed by atoms with Crippen LogP contribution in [-0.4, -0.2) is 51.0 Å². The second kappa shape index (κ2) is 7.87. The highest BCUT2D eigenvalue weighted by Gasteiger charge is 2.53. The molecule has 0 aromatic carbocycles. The average molecular weight is 394 g/mol. The van der Waals surface area contributed by atoms with E-state index >= 15 is 0 Å². The van der Waals surface area contributed by atoms with Crippen LogP contribution < -0.4 is 5.32 Å². The first-order valence-corrected chi connectivity index (χ1v) is 10.0. The number of halogens is 2. The Morgan fingerprint density at radius 1 is 1.29 bits per heavy atom. The van der Waals surface area contributed by atoms with Gasteiger partial charge in [-0.3, -0.25) is 0 Å². The van der Waals surface area contributed by atoms with Crippen LogP contribution in [0.3, 0.4) is 0 Å². The van der Waals surface area contributed by atoms with Crippen LogP contribution in [0, 0.1) is 5.41 Å². The second-order valence-corrected chi connectivity index (χ2v) is 8.17. The van der Waals surface area contributed by atoms with E-state index in [4.69, 9.17) is 4.74 Å². The minimum atomic E-state index is -2.60. The maximum atomic E-state index is 13.4. The number of aryl methyl sites for hydroxylation is 1. The van der Waals surface area contributed by atoms with Crippen molar-refractivity contribution in [2.45, 2.75) is 63.1 Å². The predicted octanol–water partition coefficient (Wildman–Crippen LogP) is 2.98. The lowest BCUT2D eigenvalue weighted by Gasteiger charge is -2.36. The van der Waals surface area contributed by atoms with E-state index in [2.05, 4.69) is 37.8 Å². The summed E-state index contributed by atoms with van der Waals surface area (Å²) in [6, 6.07) is 3.67. The number of aromatic nitrogens is 5. The molecule has 154 valence electrons. The van der Waals surface area contributed by atoms with Gasteiger partial charge in [0.1, 0.15) is 0 Å². The van der Waals surface area contributed by atoms with Gasteiger partial charge in [0.15, 0.2) is 5.82 Å². The quantitative estimate of drug-likeness (QED) is 0.594. The number of tetrazole rings is 1.